The second-order valence-electron chi connectivity index (χ2n) is 3.69. The van der Waals surface area contributed by atoms with Crippen LogP contribution >= 0.6 is 22.9 Å². The number of anilines is 1. The van der Waals surface area contributed by atoms with E-state index in [4.69, 9.17) is 17.3 Å². The van der Waals surface area contributed by atoms with Crippen LogP contribution in [0.5, 0.6) is 0 Å². The van der Waals surface area contributed by atoms with Crippen molar-refractivity contribution in [3.8, 4) is 0 Å². The van der Waals surface area contributed by atoms with E-state index in [1.807, 2.05) is 12.3 Å². The van der Waals surface area contributed by atoms with Crippen molar-refractivity contribution >= 4 is 33.7 Å². The maximum Gasteiger partial charge on any atom is 0.196 e. The Bertz CT molecular complexity index is 560. The summed E-state index contributed by atoms with van der Waals surface area (Å²) in [5.41, 5.74) is 8.12. The van der Waals surface area contributed by atoms with Gasteiger partial charge in [-0.3, -0.25) is 4.79 Å². The van der Waals surface area contributed by atoms with Gasteiger partial charge in [-0.1, -0.05) is 18.5 Å². The second kappa shape index (κ2) is 7.12. The fourth-order valence-corrected chi connectivity index (χ4v) is 2.70. The summed E-state index contributed by atoms with van der Waals surface area (Å²) >= 11 is 7.21. The molecular formula is C15H16ClNOS. The Morgan fingerprint density at radius 1 is 1.32 bits per heavy atom. The highest BCUT2D eigenvalue weighted by Crippen LogP contribution is 2.28. The average Bonchev–Trinajstić information content (AvgIpc) is 2.82. The maximum atomic E-state index is 12.3. The molecule has 0 aliphatic carbocycles. The van der Waals surface area contributed by atoms with E-state index in [9.17, 15) is 4.79 Å². The molecule has 0 fully saturated rings. The van der Waals surface area contributed by atoms with Gasteiger partial charge in [0.2, 0.25) is 0 Å². The van der Waals surface area contributed by atoms with Crippen molar-refractivity contribution in [3.63, 3.8) is 0 Å². The van der Waals surface area contributed by atoms with Crippen molar-refractivity contribution in [1.29, 1.82) is 0 Å². The van der Waals surface area contributed by atoms with Crippen LogP contribution in [0.2, 0.25) is 5.02 Å². The molecule has 19 heavy (non-hydrogen) atoms. The number of nitrogen functional groups attached to an aromatic ring is 1. The zero-order valence-corrected chi connectivity index (χ0v) is 12.4. The first-order chi connectivity index (χ1) is 9.13. The number of thiophene rings is 1. The molecule has 100 valence electrons. The van der Waals surface area contributed by atoms with Gasteiger partial charge in [-0.15, -0.1) is 24.5 Å². The van der Waals surface area contributed by atoms with Crippen LogP contribution in [0.4, 0.5) is 5.00 Å². The molecule has 4 heteroatoms. The minimum absolute atomic E-state index is 0.0303. The van der Waals surface area contributed by atoms with Crippen LogP contribution in [0.3, 0.4) is 0 Å². The molecule has 0 saturated carbocycles. The Hall–Kier alpha value is -1.58. The van der Waals surface area contributed by atoms with Crippen molar-refractivity contribution in [2.45, 2.75) is 13.3 Å². The zero-order chi connectivity index (χ0) is 14.4. The lowest BCUT2D eigenvalue weighted by Gasteiger charge is -2.03. The van der Waals surface area contributed by atoms with Gasteiger partial charge >= 0.3 is 0 Å². The molecule has 1 heterocycles. The summed E-state index contributed by atoms with van der Waals surface area (Å²) in [6.45, 7) is 8.01. The Kier molecular flexibility index (Phi) is 5.80. The van der Waals surface area contributed by atoms with Crippen molar-refractivity contribution in [2.24, 2.45) is 0 Å². The number of carbonyl (C=O) groups excluding carboxylic acids is 1. The van der Waals surface area contributed by atoms with Gasteiger partial charge in [0.25, 0.3) is 0 Å². The van der Waals surface area contributed by atoms with Crippen LogP contribution in [-0.2, 0) is 6.42 Å². The van der Waals surface area contributed by atoms with Crippen molar-refractivity contribution < 1.29 is 4.79 Å². The quantitative estimate of drug-likeness (QED) is 0.665. The maximum absolute atomic E-state index is 12.3. The smallest absolute Gasteiger partial charge is 0.196 e. The predicted octanol–water partition coefficient (Wildman–Crippen LogP) is 4.58. The first kappa shape index (κ1) is 15.5. The molecule has 0 bridgehead atoms. The van der Waals surface area contributed by atoms with Gasteiger partial charge < -0.3 is 5.73 Å². The third-order valence-corrected chi connectivity index (χ3v) is 3.72. The first-order valence-electron chi connectivity index (χ1n) is 5.79. The standard InChI is InChI=1S/C13H12ClNOS.C2H4/c1-2-8-7-17-13(15)11(8)12(16)9-3-5-10(14)6-4-9;1-2/h3-7H,2,15H2,1H3;1-2H2. The number of halogens is 1. The predicted molar refractivity (Wildman–Crippen MR) is 84.2 cm³/mol. The molecule has 0 aliphatic rings. The van der Waals surface area contributed by atoms with E-state index in [-0.39, 0.29) is 5.78 Å². The van der Waals surface area contributed by atoms with Gasteiger partial charge in [-0.2, -0.15) is 0 Å². The summed E-state index contributed by atoms with van der Waals surface area (Å²) in [4.78, 5) is 12.3. The fourth-order valence-electron chi connectivity index (χ4n) is 1.67. The number of benzene rings is 1. The number of aryl methyl sites for hydroxylation is 1. The van der Waals surface area contributed by atoms with Gasteiger partial charge in [0.15, 0.2) is 5.78 Å². The molecule has 1 aromatic carbocycles. The average molecular weight is 294 g/mol. The topological polar surface area (TPSA) is 43.1 Å². The highest BCUT2D eigenvalue weighted by atomic mass is 35.5. The minimum atomic E-state index is -0.0303. The minimum Gasteiger partial charge on any atom is -0.390 e. The third-order valence-electron chi connectivity index (χ3n) is 2.61. The second-order valence-corrected chi connectivity index (χ2v) is 5.04. The van der Waals surface area contributed by atoms with E-state index in [2.05, 4.69) is 13.2 Å². The highest BCUT2D eigenvalue weighted by molar-refractivity contribution is 7.14. The third kappa shape index (κ3) is 3.46. The largest absolute Gasteiger partial charge is 0.390 e. The normalized spacial score (nSPS) is 9.58. The molecule has 2 nitrogen and oxygen atoms in total. The van der Waals surface area contributed by atoms with Gasteiger partial charge in [0, 0.05) is 10.6 Å². The summed E-state index contributed by atoms with van der Waals surface area (Å²) in [5, 5.41) is 3.15. The lowest BCUT2D eigenvalue weighted by atomic mass is 10.0. The lowest BCUT2D eigenvalue weighted by Crippen LogP contribution is -2.05. The number of nitrogens with two attached hydrogens (primary N) is 1. The summed E-state index contributed by atoms with van der Waals surface area (Å²) in [6, 6.07) is 6.87. The molecule has 2 aromatic rings. The zero-order valence-electron chi connectivity index (χ0n) is 10.8. The summed E-state index contributed by atoms with van der Waals surface area (Å²) in [7, 11) is 0. The van der Waals surface area contributed by atoms with Crippen LogP contribution in [0.15, 0.2) is 42.8 Å². The first-order valence-corrected chi connectivity index (χ1v) is 7.05. The summed E-state index contributed by atoms with van der Waals surface area (Å²) in [5.74, 6) is -0.0303. The number of carbonyl (C=O) groups is 1. The van der Waals surface area contributed by atoms with Gasteiger partial charge in [-0.05, 0) is 41.6 Å². The molecule has 0 atom stereocenters. The van der Waals surface area contributed by atoms with Gasteiger partial charge in [0.05, 0.1) is 10.6 Å². The van der Waals surface area contributed by atoms with Gasteiger partial charge in [-0.25, -0.2) is 0 Å². The van der Waals surface area contributed by atoms with Crippen LogP contribution in [0, 0.1) is 0 Å². The van der Waals surface area contributed by atoms with Crippen molar-refractivity contribution in [1.82, 2.24) is 0 Å². The molecule has 0 spiro atoms. The number of rotatable bonds is 3. The van der Waals surface area contributed by atoms with Crippen molar-refractivity contribution in [3.05, 3.63) is 64.5 Å². The summed E-state index contributed by atoms with van der Waals surface area (Å²) < 4.78 is 0. The molecule has 0 unspecified atom stereocenters. The Labute approximate surface area is 122 Å². The molecule has 1 aromatic heterocycles. The molecule has 0 saturated heterocycles. The van der Waals surface area contributed by atoms with E-state index in [0.29, 0.717) is 21.2 Å². The molecule has 0 radical (unpaired) electrons. The lowest BCUT2D eigenvalue weighted by molar-refractivity contribution is 0.103. The molecular weight excluding hydrogens is 278 g/mol. The fraction of sp³-hybridized carbons (Fsp3) is 0.133. The Balaban J connectivity index is 0.000000861. The number of ketones is 1. The SMILES string of the molecule is C=C.CCc1csc(N)c1C(=O)c1ccc(Cl)cc1. The van der Waals surface area contributed by atoms with Crippen LogP contribution in [-0.4, -0.2) is 5.78 Å². The van der Waals surface area contributed by atoms with E-state index in [0.717, 1.165) is 12.0 Å². The molecule has 0 amide bonds. The molecule has 2 rings (SSSR count). The molecule has 0 aliphatic heterocycles. The number of hydrogen-bond donors (Lipinski definition) is 1. The van der Waals surface area contributed by atoms with E-state index in [1.54, 1.807) is 24.3 Å². The van der Waals surface area contributed by atoms with Crippen LogP contribution in [0.25, 0.3) is 0 Å². The van der Waals surface area contributed by atoms with E-state index in [1.165, 1.54) is 11.3 Å². The van der Waals surface area contributed by atoms with Crippen LogP contribution < -0.4 is 5.73 Å². The van der Waals surface area contributed by atoms with E-state index < -0.39 is 0 Å². The monoisotopic (exact) mass is 293 g/mol. The van der Waals surface area contributed by atoms with Gasteiger partial charge in [0.1, 0.15) is 0 Å². The Morgan fingerprint density at radius 3 is 2.42 bits per heavy atom. The number of hydrogen-bond acceptors (Lipinski definition) is 3. The van der Waals surface area contributed by atoms with Crippen molar-refractivity contribution in [2.75, 3.05) is 5.73 Å². The highest BCUT2D eigenvalue weighted by Gasteiger charge is 2.17. The van der Waals surface area contributed by atoms with E-state index >= 15 is 0 Å². The summed E-state index contributed by atoms with van der Waals surface area (Å²) in [6.07, 6.45) is 0.808. The Morgan fingerprint density at radius 2 is 1.89 bits per heavy atom. The van der Waals surface area contributed by atoms with Crippen LogP contribution in [0.1, 0.15) is 28.4 Å². The molecule has 2 N–H and O–H groups in total.